The van der Waals surface area contributed by atoms with Crippen LogP contribution in [0.3, 0.4) is 0 Å². The van der Waals surface area contributed by atoms with E-state index in [1.807, 2.05) is 54.6 Å². The van der Waals surface area contributed by atoms with Crippen LogP contribution >= 0.6 is 27.3 Å². The monoisotopic (exact) mass is 457 g/mol. The molecule has 0 saturated heterocycles. The number of amides is 1. The minimum atomic E-state index is -0.0471. The molecule has 28 heavy (non-hydrogen) atoms. The van der Waals surface area contributed by atoms with E-state index in [0.29, 0.717) is 6.54 Å². The van der Waals surface area contributed by atoms with Crippen LogP contribution in [0, 0.1) is 0 Å². The van der Waals surface area contributed by atoms with E-state index in [1.54, 1.807) is 22.3 Å². The second-order valence-electron chi connectivity index (χ2n) is 6.37. The van der Waals surface area contributed by atoms with Crippen molar-refractivity contribution >= 4 is 54.6 Å². The van der Waals surface area contributed by atoms with Crippen molar-refractivity contribution in [2.45, 2.75) is 13.8 Å². The van der Waals surface area contributed by atoms with Crippen LogP contribution < -0.4 is 4.90 Å². The Labute approximate surface area is 178 Å². The third kappa shape index (κ3) is 5.28. The quantitative estimate of drug-likeness (QED) is 0.422. The highest BCUT2D eigenvalue weighted by Gasteiger charge is 2.18. The molecule has 0 aliphatic carbocycles. The molecule has 0 unspecified atom stereocenters. The average molecular weight is 458 g/mol. The zero-order valence-corrected chi connectivity index (χ0v) is 18.5. The molecule has 1 amide bonds. The zero-order valence-electron chi connectivity index (χ0n) is 16.1. The second kappa shape index (κ2) is 9.96. The molecule has 4 nitrogen and oxygen atoms in total. The Morgan fingerprint density at radius 2 is 1.86 bits per heavy atom. The molecule has 0 bridgehead atoms. The summed E-state index contributed by atoms with van der Waals surface area (Å²) in [4.78, 5) is 21.8. The van der Waals surface area contributed by atoms with Crippen LogP contribution in [0.1, 0.15) is 19.4 Å². The maximum atomic E-state index is 13.0. The van der Waals surface area contributed by atoms with E-state index in [2.05, 4.69) is 34.7 Å². The molecule has 0 saturated carbocycles. The van der Waals surface area contributed by atoms with Crippen molar-refractivity contribution in [1.29, 1.82) is 0 Å². The molecule has 3 rings (SSSR count). The van der Waals surface area contributed by atoms with Crippen molar-refractivity contribution in [2.24, 2.45) is 0 Å². The number of likely N-dealkylation sites (N-methyl/N-ethyl adjacent to an activating group) is 1. The normalized spacial score (nSPS) is 11.6. The van der Waals surface area contributed by atoms with Gasteiger partial charge in [-0.1, -0.05) is 71.4 Å². The van der Waals surface area contributed by atoms with Gasteiger partial charge >= 0.3 is 0 Å². The van der Waals surface area contributed by atoms with Gasteiger partial charge in [0.1, 0.15) is 0 Å². The number of thiazole rings is 1. The summed E-state index contributed by atoms with van der Waals surface area (Å²) in [5, 5.41) is 0.739. The summed E-state index contributed by atoms with van der Waals surface area (Å²) < 4.78 is 2.08. The Kier molecular flexibility index (Phi) is 7.36. The van der Waals surface area contributed by atoms with Gasteiger partial charge < -0.3 is 4.90 Å². The van der Waals surface area contributed by atoms with Gasteiger partial charge in [0.25, 0.3) is 5.91 Å². The number of rotatable bonds is 8. The van der Waals surface area contributed by atoms with Gasteiger partial charge in [-0.3, -0.25) is 9.69 Å². The predicted molar refractivity (Wildman–Crippen MR) is 123 cm³/mol. The average Bonchev–Trinajstić information content (AvgIpc) is 3.13. The SMILES string of the molecule is CCN(CC)CCN(C(=O)/C=C/c1ccccc1)c1nc2ccc(Br)cc2s1. The molecule has 2 aromatic carbocycles. The van der Waals surface area contributed by atoms with Crippen LogP contribution in [0.25, 0.3) is 16.3 Å². The maximum absolute atomic E-state index is 13.0. The molecule has 0 aliphatic heterocycles. The number of halogens is 1. The molecule has 3 aromatic rings. The van der Waals surface area contributed by atoms with E-state index >= 15 is 0 Å². The van der Waals surface area contributed by atoms with Gasteiger partial charge in [-0.2, -0.15) is 0 Å². The largest absolute Gasteiger partial charge is 0.302 e. The summed E-state index contributed by atoms with van der Waals surface area (Å²) in [6.45, 7) is 7.63. The summed E-state index contributed by atoms with van der Waals surface area (Å²) in [5.41, 5.74) is 1.92. The minimum absolute atomic E-state index is 0.0471. The first-order valence-electron chi connectivity index (χ1n) is 9.43. The Morgan fingerprint density at radius 1 is 1.11 bits per heavy atom. The molecule has 0 spiro atoms. The molecule has 0 fully saturated rings. The lowest BCUT2D eigenvalue weighted by Crippen LogP contribution is -2.38. The van der Waals surface area contributed by atoms with Crippen LogP contribution in [0.2, 0.25) is 0 Å². The molecular weight excluding hydrogens is 434 g/mol. The minimum Gasteiger partial charge on any atom is -0.302 e. The molecule has 146 valence electrons. The molecule has 0 N–H and O–H groups in total. The Morgan fingerprint density at radius 3 is 2.57 bits per heavy atom. The number of benzene rings is 2. The summed E-state index contributed by atoms with van der Waals surface area (Å²) in [6, 6.07) is 15.9. The second-order valence-corrected chi connectivity index (χ2v) is 8.29. The smallest absolute Gasteiger partial charge is 0.252 e. The van der Waals surface area contributed by atoms with E-state index in [4.69, 9.17) is 4.98 Å². The third-order valence-electron chi connectivity index (χ3n) is 4.59. The first-order chi connectivity index (χ1) is 13.6. The topological polar surface area (TPSA) is 36.4 Å². The van der Waals surface area contributed by atoms with Crippen molar-refractivity contribution in [2.75, 3.05) is 31.1 Å². The van der Waals surface area contributed by atoms with Crippen molar-refractivity contribution in [3.8, 4) is 0 Å². The van der Waals surface area contributed by atoms with Gasteiger partial charge in [-0.05, 0) is 42.9 Å². The lowest BCUT2D eigenvalue weighted by molar-refractivity contribution is -0.114. The van der Waals surface area contributed by atoms with E-state index in [1.165, 1.54) is 0 Å². The van der Waals surface area contributed by atoms with Gasteiger partial charge in [0.05, 0.1) is 10.2 Å². The van der Waals surface area contributed by atoms with Crippen LogP contribution in [0.15, 0.2) is 59.1 Å². The van der Waals surface area contributed by atoms with E-state index in [0.717, 1.165) is 45.0 Å². The van der Waals surface area contributed by atoms with Crippen molar-refractivity contribution in [1.82, 2.24) is 9.88 Å². The highest BCUT2D eigenvalue weighted by atomic mass is 79.9. The number of carbonyl (C=O) groups is 1. The number of aromatic nitrogens is 1. The van der Waals surface area contributed by atoms with Crippen LogP contribution in [-0.4, -0.2) is 42.0 Å². The third-order valence-corrected chi connectivity index (χ3v) is 6.12. The summed E-state index contributed by atoms with van der Waals surface area (Å²) in [5.74, 6) is -0.0471. The highest BCUT2D eigenvalue weighted by molar-refractivity contribution is 9.10. The maximum Gasteiger partial charge on any atom is 0.252 e. The number of carbonyl (C=O) groups excluding carboxylic acids is 1. The van der Waals surface area contributed by atoms with Crippen molar-refractivity contribution in [3.63, 3.8) is 0 Å². The molecule has 0 aliphatic rings. The first-order valence-corrected chi connectivity index (χ1v) is 11.0. The van der Waals surface area contributed by atoms with Gasteiger partial charge in [0, 0.05) is 23.6 Å². The highest BCUT2D eigenvalue weighted by Crippen LogP contribution is 2.31. The molecular formula is C22H24BrN3OS. The zero-order chi connectivity index (χ0) is 19.9. The number of hydrogen-bond donors (Lipinski definition) is 0. The summed E-state index contributed by atoms with van der Waals surface area (Å²) in [6.07, 6.45) is 3.50. The molecule has 0 atom stereocenters. The van der Waals surface area contributed by atoms with Crippen LogP contribution in [0.5, 0.6) is 0 Å². The number of fused-ring (bicyclic) bond motifs is 1. The Hall–Kier alpha value is -2.02. The fourth-order valence-electron chi connectivity index (χ4n) is 2.90. The van der Waals surface area contributed by atoms with E-state index in [-0.39, 0.29) is 5.91 Å². The van der Waals surface area contributed by atoms with Gasteiger partial charge in [0.2, 0.25) is 0 Å². The lowest BCUT2D eigenvalue weighted by atomic mass is 10.2. The van der Waals surface area contributed by atoms with Crippen molar-refractivity contribution < 1.29 is 4.79 Å². The van der Waals surface area contributed by atoms with Crippen molar-refractivity contribution in [3.05, 3.63) is 64.6 Å². The molecule has 6 heteroatoms. The van der Waals surface area contributed by atoms with Crippen LogP contribution in [-0.2, 0) is 4.79 Å². The van der Waals surface area contributed by atoms with E-state index < -0.39 is 0 Å². The molecule has 1 aromatic heterocycles. The standard InChI is InChI=1S/C22H24BrN3OS/c1-3-25(4-2)14-15-26(21(27)13-10-17-8-6-5-7-9-17)22-24-19-12-11-18(23)16-20(19)28-22/h5-13,16H,3-4,14-15H2,1-2H3/b13-10+. The van der Waals surface area contributed by atoms with Gasteiger partial charge in [0.15, 0.2) is 5.13 Å². The number of nitrogens with zero attached hydrogens (tertiary/aromatic N) is 3. The molecule has 1 heterocycles. The lowest BCUT2D eigenvalue weighted by Gasteiger charge is -2.23. The summed E-state index contributed by atoms with van der Waals surface area (Å²) in [7, 11) is 0. The van der Waals surface area contributed by atoms with E-state index in [9.17, 15) is 4.79 Å². The fourth-order valence-corrected chi connectivity index (χ4v) is 4.45. The number of anilines is 1. The first kappa shape index (κ1) is 20.7. The van der Waals surface area contributed by atoms with Gasteiger partial charge in [-0.15, -0.1) is 0 Å². The molecule has 0 radical (unpaired) electrons. The Bertz CT molecular complexity index is 951. The predicted octanol–water partition coefficient (Wildman–Crippen LogP) is 5.45. The number of hydrogen-bond acceptors (Lipinski definition) is 4. The Balaban J connectivity index is 1.86. The fraction of sp³-hybridized carbons (Fsp3) is 0.273. The van der Waals surface area contributed by atoms with Crippen LogP contribution in [0.4, 0.5) is 5.13 Å². The summed E-state index contributed by atoms with van der Waals surface area (Å²) >= 11 is 5.06. The van der Waals surface area contributed by atoms with Gasteiger partial charge in [-0.25, -0.2) is 4.98 Å².